The zero-order valence-corrected chi connectivity index (χ0v) is 16.4. The molecule has 0 atom stereocenters. The maximum absolute atomic E-state index is 12.4. The Morgan fingerprint density at radius 3 is 2.64 bits per heavy atom. The molecule has 28 heavy (non-hydrogen) atoms. The fourth-order valence-corrected chi connectivity index (χ4v) is 2.94. The second-order valence-corrected chi connectivity index (χ2v) is 6.66. The highest BCUT2D eigenvalue weighted by Gasteiger charge is 2.12. The molecule has 7 nitrogen and oxygen atoms in total. The first-order valence-electron chi connectivity index (χ1n) is 8.64. The van der Waals surface area contributed by atoms with Crippen LogP contribution >= 0.6 is 12.2 Å². The summed E-state index contributed by atoms with van der Waals surface area (Å²) in [6.45, 7) is 2.39. The van der Waals surface area contributed by atoms with Crippen molar-refractivity contribution in [3.63, 3.8) is 0 Å². The summed E-state index contributed by atoms with van der Waals surface area (Å²) < 4.78 is 6.72. The van der Waals surface area contributed by atoms with Gasteiger partial charge in [0.05, 0.1) is 12.7 Å². The van der Waals surface area contributed by atoms with Crippen LogP contribution in [0.5, 0.6) is 0 Å². The maximum Gasteiger partial charge on any atom is 0.337 e. The van der Waals surface area contributed by atoms with Crippen LogP contribution in [0.2, 0.25) is 0 Å². The topological polar surface area (TPSA) is 89.0 Å². The molecule has 0 aliphatic rings. The summed E-state index contributed by atoms with van der Waals surface area (Å²) in [5.41, 5.74) is 3.32. The number of aromatic amines is 1. The Kier molecular flexibility index (Phi) is 6.00. The zero-order chi connectivity index (χ0) is 20.1. The average Bonchev–Trinajstić information content (AvgIpc) is 3.06. The lowest BCUT2D eigenvalue weighted by molar-refractivity contribution is -0.121. The molecule has 8 heteroatoms. The number of rotatable bonds is 6. The first kappa shape index (κ1) is 19.5. The van der Waals surface area contributed by atoms with Crippen molar-refractivity contribution in [2.75, 3.05) is 7.11 Å². The molecule has 0 saturated heterocycles. The van der Waals surface area contributed by atoms with Gasteiger partial charge in [0.2, 0.25) is 5.91 Å². The average molecular weight is 396 g/mol. The minimum atomic E-state index is -0.395. The van der Waals surface area contributed by atoms with E-state index in [1.807, 2.05) is 31.2 Å². The zero-order valence-electron chi connectivity index (χ0n) is 15.6. The number of hydrogen-bond donors (Lipinski definition) is 2. The number of carbonyl (C=O) groups excluding carboxylic acids is 2. The van der Waals surface area contributed by atoms with Crippen molar-refractivity contribution in [1.29, 1.82) is 0 Å². The molecule has 0 radical (unpaired) electrons. The molecule has 1 amide bonds. The number of hydrogen-bond acceptors (Lipinski definition) is 5. The number of benzene rings is 2. The number of aromatic nitrogens is 3. The van der Waals surface area contributed by atoms with Crippen LogP contribution in [0.25, 0.3) is 11.4 Å². The lowest BCUT2D eigenvalue weighted by atomic mass is 10.1. The summed E-state index contributed by atoms with van der Waals surface area (Å²) in [4.78, 5) is 23.9. The molecule has 1 aromatic heterocycles. The monoisotopic (exact) mass is 396 g/mol. The van der Waals surface area contributed by atoms with Gasteiger partial charge in [0.15, 0.2) is 10.6 Å². The van der Waals surface area contributed by atoms with Gasteiger partial charge in [-0.3, -0.25) is 14.5 Å². The molecule has 0 unspecified atom stereocenters. The molecule has 0 bridgehead atoms. The minimum Gasteiger partial charge on any atom is -0.465 e. The van der Waals surface area contributed by atoms with Gasteiger partial charge in [-0.15, -0.1) is 0 Å². The fraction of sp³-hybridized carbons (Fsp3) is 0.200. The highest BCUT2D eigenvalue weighted by atomic mass is 32.1. The summed E-state index contributed by atoms with van der Waals surface area (Å²) in [6.07, 6.45) is 0. The Balaban J connectivity index is 1.66. The van der Waals surface area contributed by atoms with E-state index < -0.39 is 5.97 Å². The van der Waals surface area contributed by atoms with Crippen molar-refractivity contribution < 1.29 is 14.3 Å². The first-order chi connectivity index (χ1) is 13.5. The van der Waals surface area contributed by atoms with Crippen LogP contribution in [0.4, 0.5) is 0 Å². The molecule has 2 N–H and O–H groups in total. The number of aryl methyl sites for hydroxylation is 1. The van der Waals surface area contributed by atoms with Crippen LogP contribution in [0.1, 0.15) is 21.5 Å². The number of nitrogens with zero attached hydrogens (tertiary/aromatic N) is 2. The van der Waals surface area contributed by atoms with E-state index in [0.29, 0.717) is 22.7 Å². The van der Waals surface area contributed by atoms with Crippen molar-refractivity contribution in [3.8, 4) is 11.4 Å². The van der Waals surface area contributed by atoms with E-state index in [1.165, 1.54) is 7.11 Å². The predicted octanol–water partition coefficient (Wildman–Crippen LogP) is 3.02. The molecular formula is C20H20N4O3S. The lowest BCUT2D eigenvalue weighted by Gasteiger charge is -2.09. The molecule has 0 spiro atoms. The van der Waals surface area contributed by atoms with Crippen LogP contribution < -0.4 is 5.32 Å². The van der Waals surface area contributed by atoms with Crippen molar-refractivity contribution in [3.05, 3.63) is 70.0 Å². The smallest absolute Gasteiger partial charge is 0.337 e. The number of methoxy groups -OCH3 is 1. The third-order valence-electron chi connectivity index (χ3n) is 4.20. The van der Waals surface area contributed by atoms with Gasteiger partial charge >= 0.3 is 5.97 Å². The molecule has 3 rings (SSSR count). The highest BCUT2D eigenvalue weighted by Crippen LogP contribution is 2.18. The summed E-state index contributed by atoms with van der Waals surface area (Å²) in [5.74, 6) is 0.0309. The molecule has 0 aliphatic heterocycles. The molecule has 0 fully saturated rings. The van der Waals surface area contributed by atoms with E-state index in [-0.39, 0.29) is 12.5 Å². The maximum atomic E-state index is 12.4. The van der Waals surface area contributed by atoms with Crippen molar-refractivity contribution >= 4 is 24.1 Å². The SMILES string of the molecule is COC(=O)c1ccc(CNC(=O)Cn2c(-c3cccc(C)c3)n[nH]c2=S)cc1. The van der Waals surface area contributed by atoms with Gasteiger partial charge in [0, 0.05) is 12.1 Å². The van der Waals surface area contributed by atoms with Gasteiger partial charge < -0.3 is 10.1 Å². The lowest BCUT2D eigenvalue weighted by Crippen LogP contribution is -2.27. The van der Waals surface area contributed by atoms with Gasteiger partial charge in [0.1, 0.15) is 6.54 Å². The van der Waals surface area contributed by atoms with Crippen molar-refractivity contribution in [1.82, 2.24) is 20.1 Å². The van der Waals surface area contributed by atoms with Crippen molar-refractivity contribution in [2.24, 2.45) is 0 Å². The van der Waals surface area contributed by atoms with Crippen LogP contribution in [0.15, 0.2) is 48.5 Å². The first-order valence-corrected chi connectivity index (χ1v) is 9.05. The van der Waals surface area contributed by atoms with E-state index in [0.717, 1.165) is 16.7 Å². The van der Waals surface area contributed by atoms with Crippen LogP contribution in [-0.2, 0) is 22.6 Å². The second kappa shape index (κ2) is 8.62. The Morgan fingerprint density at radius 2 is 1.96 bits per heavy atom. The van der Waals surface area contributed by atoms with E-state index in [1.54, 1.807) is 28.8 Å². The van der Waals surface area contributed by atoms with Gasteiger partial charge in [0.25, 0.3) is 0 Å². The summed E-state index contributed by atoms with van der Waals surface area (Å²) >= 11 is 5.27. The summed E-state index contributed by atoms with van der Waals surface area (Å²) in [7, 11) is 1.34. The number of nitrogens with one attached hydrogen (secondary N) is 2. The van der Waals surface area contributed by atoms with Crippen LogP contribution in [0, 0.1) is 11.7 Å². The summed E-state index contributed by atoms with van der Waals surface area (Å²) in [5, 5.41) is 9.86. The molecule has 0 saturated carbocycles. The Hall–Kier alpha value is -3.26. The predicted molar refractivity (Wildman–Crippen MR) is 107 cm³/mol. The van der Waals surface area contributed by atoms with E-state index in [9.17, 15) is 9.59 Å². The molecule has 3 aromatic rings. The molecule has 0 aliphatic carbocycles. The second-order valence-electron chi connectivity index (χ2n) is 6.27. The van der Waals surface area contributed by atoms with Gasteiger partial charge in [-0.05, 0) is 42.9 Å². The Bertz CT molecular complexity index is 1050. The fourth-order valence-electron chi connectivity index (χ4n) is 2.75. The number of amides is 1. The minimum absolute atomic E-state index is 0.0544. The number of esters is 1. The van der Waals surface area contributed by atoms with Gasteiger partial charge in [-0.25, -0.2) is 4.79 Å². The van der Waals surface area contributed by atoms with Crippen LogP contribution in [0.3, 0.4) is 0 Å². The summed E-state index contributed by atoms with van der Waals surface area (Å²) in [6, 6.07) is 14.7. The molecule has 144 valence electrons. The molecule has 2 aromatic carbocycles. The largest absolute Gasteiger partial charge is 0.465 e. The van der Waals surface area contributed by atoms with E-state index >= 15 is 0 Å². The van der Waals surface area contributed by atoms with Gasteiger partial charge in [-0.2, -0.15) is 5.10 Å². The van der Waals surface area contributed by atoms with Gasteiger partial charge in [-0.1, -0.05) is 35.9 Å². The van der Waals surface area contributed by atoms with E-state index in [2.05, 4.69) is 20.3 Å². The third kappa shape index (κ3) is 4.52. The normalized spacial score (nSPS) is 10.5. The van der Waals surface area contributed by atoms with E-state index in [4.69, 9.17) is 12.2 Å². The Labute approximate surface area is 167 Å². The van der Waals surface area contributed by atoms with Crippen molar-refractivity contribution in [2.45, 2.75) is 20.0 Å². The third-order valence-corrected chi connectivity index (χ3v) is 4.51. The molecule has 1 heterocycles. The number of H-pyrrole nitrogens is 1. The Morgan fingerprint density at radius 1 is 1.21 bits per heavy atom. The number of carbonyl (C=O) groups is 2. The highest BCUT2D eigenvalue weighted by molar-refractivity contribution is 7.71. The number of ether oxygens (including phenoxy) is 1. The van der Waals surface area contributed by atoms with Crippen LogP contribution in [-0.4, -0.2) is 33.8 Å². The quantitative estimate of drug-likeness (QED) is 0.494. The molecular weight excluding hydrogens is 376 g/mol. The standard InChI is InChI=1S/C20H20N4O3S/c1-13-4-3-5-16(10-13)18-22-23-20(28)24(18)12-17(25)21-11-14-6-8-15(9-7-14)19(26)27-2/h3-10H,11-12H2,1-2H3,(H,21,25)(H,23,28).